The van der Waals surface area contributed by atoms with Gasteiger partial charge < -0.3 is 0 Å². The first kappa shape index (κ1) is 15.8. The summed E-state index contributed by atoms with van der Waals surface area (Å²) in [5.41, 5.74) is 8.36. The minimum absolute atomic E-state index is 0.357. The van der Waals surface area contributed by atoms with E-state index in [-0.39, 0.29) is 0 Å². The molecule has 0 aliphatic rings. The molecule has 0 aromatic heterocycles. The van der Waals surface area contributed by atoms with Gasteiger partial charge in [0.15, 0.2) is 0 Å². The van der Waals surface area contributed by atoms with Gasteiger partial charge in [-0.05, 0) is 79.6 Å². The second-order valence-electron chi connectivity index (χ2n) is 5.48. The average Bonchev–Trinajstić information content (AvgIpc) is 2.36. The van der Waals surface area contributed by atoms with Crippen LogP contribution in [-0.4, -0.2) is 0 Å². The minimum atomic E-state index is 0.357. The fraction of sp³-hybridized carbons (Fsp3) is 0.333. The molecule has 1 atom stereocenters. The third kappa shape index (κ3) is 3.35. The molecule has 1 unspecified atom stereocenters. The zero-order valence-corrected chi connectivity index (χ0v) is 15.6. The molecule has 0 amide bonds. The monoisotopic (exact) mass is 394 g/mol. The predicted octanol–water partition coefficient (Wildman–Crippen LogP) is 6.36. The maximum atomic E-state index is 3.90. The molecule has 0 nitrogen and oxygen atoms in total. The molecule has 106 valence electrons. The lowest BCUT2D eigenvalue weighted by Crippen LogP contribution is -2.04. The fourth-order valence-corrected chi connectivity index (χ4v) is 4.20. The molecule has 20 heavy (non-hydrogen) atoms. The number of benzene rings is 2. The maximum Gasteiger partial charge on any atom is 0.0441 e. The average molecular weight is 396 g/mol. The topological polar surface area (TPSA) is 0 Å². The van der Waals surface area contributed by atoms with E-state index in [9.17, 15) is 0 Å². The largest absolute Gasteiger partial charge is 0.0835 e. The third-order valence-corrected chi connectivity index (χ3v) is 5.32. The van der Waals surface area contributed by atoms with Crippen LogP contribution in [0, 0.1) is 27.7 Å². The Balaban J connectivity index is 2.37. The summed E-state index contributed by atoms with van der Waals surface area (Å²) in [4.78, 5) is 0.357. The zero-order valence-electron chi connectivity index (χ0n) is 12.4. The highest BCUT2D eigenvalue weighted by Gasteiger charge is 2.16. The van der Waals surface area contributed by atoms with Gasteiger partial charge >= 0.3 is 0 Å². The van der Waals surface area contributed by atoms with Crippen molar-refractivity contribution >= 4 is 31.9 Å². The summed E-state index contributed by atoms with van der Waals surface area (Å²) in [6, 6.07) is 10.8. The summed E-state index contributed by atoms with van der Waals surface area (Å²) >= 11 is 7.45. The molecule has 2 aromatic carbocycles. The van der Waals surface area contributed by atoms with Crippen LogP contribution in [0.1, 0.15) is 38.2 Å². The third-order valence-electron chi connectivity index (χ3n) is 4.04. The molecule has 0 aliphatic heterocycles. The van der Waals surface area contributed by atoms with Gasteiger partial charge in [0, 0.05) is 9.30 Å². The number of aryl methyl sites for hydroxylation is 2. The smallest absolute Gasteiger partial charge is 0.0441 e. The molecule has 0 saturated heterocycles. The van der Waals surface area contributed by atoms with Crippen LogP contribution in [0.25, 0.3) is 0 Å². The second kappa shape index (κ2) is 6.44. The molecule has 0 spiro atoms. The van der Waals surface area contributed by atoms with Gasteiger partial charge in [0.25, 0.3) is 0 Å². The van der Waals surface area contributed by atoms with Gasteiger partial charge in [0.05, 0.1) is 0 Å². The Bertz CT molecular complexity index is 603. The quantitative estimate of drug-likeness (QED) is 0.530. The van der Waals surface area contributed by atoms with E-state index < -0.39 is 0 Å². The Morgan fingerprint density at radius 3 is 2.10 bits per heavy atom. The molecule has 0 fully saturated rings. The summed E-state index contributed by atoms with van der Waals surface area (Å²) in [6.07, 6.45) is 1.00. The molecular formula is C18H20Br2. The molecule has 0 aliphatic carbocycles. The maximum absolute atomic E-state index is 3.90. The SMILES string of the molecule is Cc1cc(C)c(C)c(C(Br)Cc2cccc(Br)c2)c1C. The highest BCUT2D eigenvalue weighted by molar-refractivity contribution is 9.10. The number of hydrogen-bond donors (Lipinski definition) is 0. The van der Waals surface area contributed by atoms with Crippen molar-refractivity contribution in [2.75, 3.05) is 0 Å². The van der Waals surface area contributed by atoms with E-state index in [1.165, 1.54) is 33.4 Å². The van der Waals surface area contributed by atoms with Crippen LogP contribution < -0.4 is 0 Å². The Morgan fingerprint density at radius 1 is 0.950 bits per heavy atom. The molecule has 0 bridgehead atoms. The van der Waals surface area contributed by atoms with E-state index in [0.717, 1.165) is 10.9 Å². The van der Waals surface area contributed by atoms with Gasteiger partial charge in [-0.3, -0.25) is 0 Å². The highest BCUT2D eigenvalue weighted by Crippen LogP contribution is 2.35. The summed E-state index contributed by atoms with van der Waals surface area (Å²) in [5, 5.41) is 0. The van der Waals surface area contributed by atoms with Gasteiger partial charge in [0.1, 0.15) is 0 Å². The Kier molecular flexibility index (Phi) is 5.09. The standard InChI is InChI=1S/C18H20Br2/c1-11-8-12(2)14(4)18(13(11)3)17(20)10-15-6-5-7-16(19)9-15/h5-9,17H,10H2,1-4H3. The van der Waals surface area contributed by atoms with Crippen molar-refractivity contribution in [1.82, 2.24) is 0 Å². The molecule has 0 N–H and O–H groups in total. The van der Waals surface area contributed by atoms with Crippen LogP contribution in [0.2, 0.25) is 0 Å². The molecule has 0 radical (unpaired) electrons. The molecular weight excluding hydrogens is 376 g/mol. The number of hydrogen-bond acceptors (Lipinski definition) is 0. The van der Waals surface area contributed by atoms with Crippen LogP contribution in [-0.2, 0) is 6.42 Å². The predicted molar refractivity (Wildman–Crippen MR) is 94.9 cm³/mol. The van der Waals surface area contributed by atoms with Crippen LogP contribution in [0.15, 0.2) is 34.8 Å². The fourth-order valence-electron chi connectivity index (χ4n) is 2.69. The van der Waals surface area contributed by atoms with Crippen molar-refractivity contribution in [3.8, 4) is 0 Å². The number of alkyl halides is 1. The van der Waals surface area contributed by atoms with Gasteiger partial charge in [0.2, 0.25) is 0 Å². The van der Waals surface area contributed by atoms with Crippen LogP contribution in [0.4, 0.5) is 0 Å². The van der Waals surface area contributed by atoms with E-state index in [4.69, 9.17) is 0 Å². The highest BCUT2D eigenvalue weighted by atomic mass is 79.9. The van der Waals surface area contributed by atoms with E-state index in [2.05, 4.69) is 89.9 Å². The van der Waals surface area contributed by atoms with Crippen molar-refractivity contribution in [1.29, 1.82) is 0 Å². The second-order valence-corrected chi connectivity index (χ2v) is 7.50. The van der Waals surface area contributed by atoms with Crippen molar-refractivity contribution in [2.24, 2.45) is 0 Å². The summed E-state index contributed by atoms with van der Waals surface area (Å²) in [7, 11) is 0. The Hall–Kier alpha value is -0.600. The number of rotatable bonds is 3. The van der Waals surface area contributed by atoms with Gasteiger partial charge in [-0.25, -0.2) is 0 Å². The molecule has 2 rings (SSSR count). The van der Waals surface area contributed by atoms with Crippen LogP contribution >= 0.6 is 31.9 Å². The normalized spacial score (nSPS) is 12.5. The first-order valence-electron chi connectivity index (χ1n) is 6.86. The Labute approximate surface area is 138 Å². The lowest BCUT2D eigenvalue weighted by molar-refractivity contribution is 0.918. The molecule has 2 heteroatoms. The number of halogens is 2. The summed E-state index contributed by atoms with van der Waals surface area (Å²) in [5.74, 6) is 0. The van der Waals surface area contributed by atoms with Crippen molar-refractivity contribution in [3.05, 3.63) is 68.2 Å². The first-order valence-corrected chi connectivity index (χ1v) is 8.57. The molecule has 2 aromatic rings. The van der Waals surface area contributed by atoms with Gasteiger partial charge in [-0.1, -0.05) is 50.1 Å². The van der Waals surface area contributed by atoms with Crippen molar-refractivity contribution in [3.63, 3.8) is 0 Å². The van der Waals surface area contributed by atoms with E-state index in [0.29, 0.717) is 4.83 Å². The molecule has 0 heterocycles. The van der Waals surface area contributed by atoms with E-state index in [1.807, 2.05) is 0 Å². The van der Waals surface area contributed by atoms with Crippen molar-refractivity contribution in [2.45, 2.75) is 38.9 Å². The first-order chi connectivity index (χ1) is 9.40. The van der Waals surface area contributed by atoms with Crippen LogP contribution in [0.3, 0.4) is 0 Å². The summed E-state index contributed by atoms with van der Waals surface area (Å²) in [6.45, 7) is 8.85. The van der Waals surface area contributed by atoms with E-state index >= 15 is 0 Å². The minimum Gasteiger partial charge on any atom is -0.0835 e. The van der Waals surface area contributed by atoms with Crippen molar-refractivity contribution < 1.29 is 0 Å². The lowest BCUT2D eigenvalue weighted by Gasteiger charge is -2.20. The van der Waals surface area contributed by atoms with Gasteiger partial charge in [-0.2, -0.15) is 0 Å². The Morgan fingerprint density at radius 2 is 1.55 bits per heavy atom. The van der Waals surface area contributed by atoms with Crippen LogP contribution in [0.5, 0.6) is 0 Å². The van der Waals surface area contributed by atoms with Gasteiger partial charge in [-0.15, -0.1) is 0 Å². The zero-order chi connectivity index (χ0) is 14.9. The van der Waals surface area contributed by atoms with E-state index in [1.54, 1.807) is 0 Å². The lowest BCUT2D eigenvalue weighted by atomic mass is 9.90. The summed E-state index contributed by atoms with van der Waals surface area (Å²) < 4.78 is 1.14. The molecule has 0 saturated carbocycles.